The van der Waals surface area contributed by atoms with E-state index in [1.165, 1.54) is 11.3 Å². The molecular formula is C19H19N3O3S. The van der Waals surface area contributed by atoms with Gasteiger partial charge in [0, 0.05) is 23.7 Å². The zero-order chi connectivity index (χ0) is 18.5. The third-order valence-corrected chi connectivity index (χ3v) is 3.95. The van der Waals surface area contributed by atoms with Crippen LogP contribution in [0.25, 0.3) is 0 Å². The van der Waals surface area contributed by atoms with Crippen molar-refractivity contribution in [3.8, 4) is 17.5 Å². The molecule has 1 aromatic carbocycles. The van der Waals surface area contributed by atoms with Gasteiger partial charge in [-0.3, -0.25) is 10.1 Å². The van der Waals surface area contributed by atoms with E-state index < -0.39 is 0 Å². The first-order valence-corrected chi connectivity index (χ1v) is 9.01. The van der Waals surface area contributed by atoms with Gasteiger partial charge < -0.3 is 9.47 Å². The summed E-state index contributed by atoms with van der Waals surface area (Å²) >= 11 is 1.35. The number of aryl methyl sites for hydroxylation is 1. The maximum absolute atomic E-state index is 12.5. The second-order valence-corrected chi connectivity index (χ2v) is 6.80. The SMILES string of the molecule is Cc1cccc(Oc2cc(C(=O)Nc3nccs3)cc(OC(C)C)n2)c1. The normalized spacial score (nSPS) is 10.6. The number of nitrogens with zero attached hydrogens (tertiary/aromatic N) is 2. The van der Waals surface area contributed by atoms with E-state index in [4.69, 9.17) is 9.47 Å². The minimum Gasteiger partial charge on any atom is -0.475 e. The maximum Gasteiger partial charge on any atom is 0.257 e. The Morgan fingerprint density at radius 1 is 1.19 bits per heavy atom. The molecule has 0 spiro atoms. The molecule has 0 fully saturated rings. The van der Waals surface area contributed by atoms with Gasteiger partial charge in [0.05, 0.1) is 11.7 Å². The van der Waals surface area contributed by atoms with Gasteiger partial charge >= 0.3 is 0 Å². The summed E-state index contributed by atoms with van der Waals surface area (Å²) in [5.74, 6) is 0.961. The largest absolute Gasteiger partial charge is 0.475 e. The Kier molecular flexibility index (Phi) is 5.48. The first-order valence-electron chi connectivity index (χ1n) is 8.14. The molecule has 26 heavy (non-hydrogen) atoms. The van der Waals surface area contributed by atoms with Crippen molar-refractivity contribution in [2.75, 3.05) is 5.32 Å². The summed E-state index contributed by atoms with van der Waals surface area (Å²) in [6.07, 6.45) is 1.55. The Labute approximate surface area is 155 Å². The van der Waals surface area contributed by atoms with Gasteiger partial charge in [-0.15, -0.1) is 11.3 Å². The highest BCUT2D eigenvalue weighted by Crippen LogP contribution is 2.25. The molecule has 0 aliphatic rings. The van der Waals surface area contributed by atoms with Gasteiger partial charge in [0.2, 0.25) is 11.8 Å². The molecule has 134 valence electrons. The molecule has 0 bridgehead atoms. The van der Waals surface area contributed by atoms with E-state index in [0.717, 1.165) is 5.56 Å². The molecule has 0 saturated carbocycles. The number of rotatable bonds is 6. The Bertz CT molecular complexity index is 895. The number of nitrogens with one attached hydrogen (secondary N) is 1. The lowest BCUT2D eigenvalue weighted by Gasteiger charge is -2.13. The first kappa shape index (κ1) is 17.9. The number of amides is 1. The number of benzene rings is 1. The molecule has 0 aliphatic heterocycles. The van der Waals surface area contributed by atoms with E-state index in [-0.39, 0.29) is 17.9 Å². The fraction of sp³-hybridized carbons (Fsp3) is 0.211. The summed E-state index contributed by atoms with van der Waals surface area (Å²) in [5.41, 5.74) is 1.45. The lowest BCUT2D eigenvalue weighted by Crippen LogP contribution is -2.14. The molecule has 0 aliphatic carbocycles. The van der Waals surface area contributed by atoms with Crippen molar-refractivity contribution in [2.24, 2.45) is 0 Å². The number of carbonyl (C=O) groups excluding carboxylic acids is 1. The third-order valence-electron chi connectivity index (χ3n) is 3.26. The fourth-order valence-electron chi connectivity index (χ4n) is 2.22. The molecule has 0 unspecified atom stereocenters. The molecule has 1 amide bonds. The standard InChI is InChI=1S/C19H19N3O3S/c1-12(2)24-16-10-14(18(23)22-19-20-7-8-26-19)11-17(21-16)25-15-6-4-5-13(3)9-15/h4-12H,1-3H3,(H,20,22,23). The van der Waals surface area contributed by atoms with Crippen LogP contribution in [0, 0.1) is 6.92 Å². The molecule has 6 nitrogen and oxygen atoms in total. The predicted molar refractivity (Wildman–Crippen MR) is 101 cm³/mol. The highest BCUT2D eigenvalue weighted by Gasteiger charge is 2.14. The van der Waals surface area contributed by atoms with E-state index in [0.29, 0.717) is 22.3 Å². The van der Waals surface area contributed by atoms with Gasteiger partial charge in [0.1, 0.15) is 5.75 Å². The van der Waals surface area contributed by atoms with Gasteiger partial charge in [0.15, 0.2) is 5.13 Å². The second-order valence-electron chi connectivity index (χ2n) is 5.91. The van der Waals surface area contributed by atoms with E-state index >= 15 is 0 Å². The first-order chi connectivity index (χ1) is 12.5. The Morgan fingerprint density at radius 3 is 2.69 bits per heavy atom. The second kappa shape index (κ2) is 7.97. The van der Waals surface area contributed by atoms with Gasteiger partial charge in [-0.2, -0.15) is 4.98 Å². The zero-order valence-corrected chi connectivity index (χ0v) is 15.5. The number of hydrogen-bond donors (Lipinski definition) is 1. The van der Waals surface area contributed by atoms with Crippen LogP contribution in [-0.2, 0) is 0 Å². The van der Waals surface area contributed by atoms with Crippen molar-refractivity contribution in [1.82, 2.24) is 9.97 Å². The van der Waals surface area contributed by atoms with Crippen LogP contribution in [0.2, 0.25) is 0 Å². The number of carbonyl (C=O) groups is 1. The third kappa shape index (κ3) is 4.80. The van der Waals surface area contributed by atoms with Crippen molar-refractivity contribution < 1.29 is 14.3 Å². The minimum absolute atomic E-state index is 0.0772. The number of thiazole rings is 1. The molecule has 0 atom stereocenters. The Morgan fingerprint density at radius 2 is 2.00 bits per heavy atom. The van der Waals surface area contributed by atoms with Crippen molar-refractivity contribution in [2.45, 2.75) is 26.9 Å². The number of aromatic nitrogens is 2. The van der Waals surface area contributed by atoms with Crippen LogP contribution in [0.4, 0.5) is 5.13 Å². The predicted octanol–water partition coefficient (Wildman–Crippen LogP) is 4.68. The topological polar surface area (TPSA) is 73.3 Å². The van der Waals surface area contributed by atoms with Crippen LogP contribution in [0.5, 0.6) is 17.5 Å². The van der Waals surface area contributed by atoms with E-state index in [2.05, 4.69) is 15.3 Å². The maximum atomic E-state index is 12.5. The van der Waals surface area contributed by atoms with E-state index in [9.17, 15) is 4.79 Å². The molecule has 7 heteroatoms. The number of anilines is 1. The summed E-state index contributed by atoms with van der Waals surface area (Å²) < 4.78 is 11.5. The summed E-state index contributed by atoms with van der Waals surface area (Å²) in [5, 5.41) is 5.07. The van der Waals surface area contributed by atoms with Crippen molar-refractivity contribution in [3.05, 3.63) is 59.1 Å². The highest BCUT2D eigenvalue weighted by atomic mass is 32.1. The lowest BCUT2D eigenvalue weighted by atomic mass is 10.2. The summed E-state index contributed by atoms with van der Waals surface area (Å²) in [6, 6.07) is 10.8. The van der Waals surface area contributed by atoms with E-state index in [1.54, 1.807) is 23.7 Å². The Hall–Kier alpha value is -2.93. The average Bonchev–Trinajstić information content (AvgIpc) is 3.07. The highest BCUT2D eigenvalue weighted by molar-refractivity contribution is 7.13. The van der Waals surface area contributed by atoms with E-state index in [1.807, 2.05) is 45.0 Å². The smallest absolute Gasteiger partial charge is 0.257 e. The van der Waals surface area contributed by atoms with Gasteiger partial charge in [-0.1, -0.05) is 12.1 Å². The van der Waals surface area contributed by atoms with Gasteiger partial charge in [-0.05, 0) is 38.5 Å². The van der Waals surface area contributed by atoms with Crippen LogP contribution in [0.15, 0.2) is 48.0 Å². The van der Waals surface area contributed by atoms with Crippen molar-refractivity contribution >= 4 is 22.4 Å². The monoisotopic (exact) mass is 369 g/mol. The van der Waals surface area contributed by atoms with Crippen LogP contribution in [0.1, 0.15) is 29.8 Å². The molecular weight excluding hydrogens is 350 g/mol. The van der Waals surface area contributed by atoms with Crippen molar-refractivity contribution in [3.63, 3.8) is 0 Å². The van der Waals surface area contributed by atoms with Crippen LogP contribution >= 0.6 is 11.3 Å². The molecule has 3 rings (SSSR count). The summed E-state index contributed by atoms with van der Waals surface area (Å²) in [6.45, 7) is 5.77. The quantitative estimate of drug-likeness (QED) is 0.683. The lowest BCUT2D eigenvalue weighted by molar-refractivity contribution is 0.102. The number of hydrogen-bond acceptors (Lipinski definition) is 6. The minimum atomic E-state index is -0.301. The molecule has 0 radical (unpaired) electrons. The molecule has 2 heterocycles. The Balaban J connectivity index is 1.89. The van der Waals surface area contributed by atoms with Crippen molar-refractivity contribution in [1.29, 1.82) is 0 Å². The summed E-state index contributed by atoms with van der Waals surface area (Å²) in [7, 11) is 0. The van der Waals surface area contributed by atoms with Gasteiger partial charge in [0.25, 0.3) is 5.91 Å². The molecule has 1 N–H and O–H groups in total. The fourth-order valence-corrected chi connectivity index (χ4v) is 2.74. The van der Waals surface area contributed by atoms with Crippen LogP contribution in [-0.4, -0.2) is 22.0 Å². The summed E-state index contributed by atoms with van der Waals surface area (Å²) in [4.78, 5) is 20.9. The number of ether oxygens (including phenoxy) is 2. The molecule has 0 saturated heterocycles. The zero-order valence-electron chi connectivity index (χ0n) is 14.7. The van der Waals surface area contributed by atoms with Crippen LogP contribution < -0.4 is 14.8 Å². The molecule has 2 aromatic heterocycles. The molecule has 3 aromatic rings. The van der Waals surface area contributed by atoms with Gasteiger partial charge in [-0.25, -0.2) is 4.98 Å². The number of pyridine rings is 1. The van der Waals surface area contributed by atoms with Crippen LogP contribution in [0.3, 0.4) is 0 Å². The average molecular weight is 369 g/mol.